The molecule has 1 atom stereocenters. The van der Waals surface area contributed by atoms with Crippen molar-refractivity contribution in [3.05, 3.63) is 29.8 Å². The van der Waals surface area contributed by atoms with Gasteiger partial charge in [0.2, 0.25) is 0 Å². The van der Waals surface area contributed by atoms with Crippen LogP contribution >= 0.6 is 12.2 Å². The minimum absolute atomic E-state index is 0.253. The zero-order valence-electron chi connectivity index (χ0n) is 10.7. The number of likely N-dealkylation sites (tertiary alicyclic amines) is 1. The number of nitrogens with one attached hydrogen (secondary N) is 1. The molecular weight excluding hydrogens is 244 g/mol. The summed E-state index contributed by atoms with van der Waals surface area (Å²) < 4.78 is 0. The Morgan fingerprint density at radius 3 is 3.00 bits per heavy atom. The summed E-state index contributed by atoms with van der Waals surface area (Å²) in [6, 6.07) is 8.13. The lowest BCUT2D eigenvalue weighted by molar-refractivity contribution is 0.162. The highest BCUT2D eigenvalue weighted by Crippen LogP contribution is 2.18. The van der Waals surface area contributed by atoms with E-state index in [9.17, 15) is 5.11 Å². The van der Waals surface area contributed by atoms with E-state index >= 15 is 0 Å². The molecule has 0 amide bonds. The van der Waals surface area contributed by atoms with Crippen LogP contribution in [0.25, 0.3) is 0 Å². The van der Waals surface area contributed by atoms with E-state index in [4.69, 9.17) is 12.2 Å². The van der Waals surface area contributed by atoms with Crippen LogP contribution in [0.4, 0.5) is 5.69 Å². The number of benzene rings is 1. The van der Waals surface area contributed by atoms with Gasteiger partial charge < -0.3 is 15.3 Å². The first-order chi connectivity index (χ1) is 8.70. The van der Waals surface area contributed by atoms with Crippen molar-refractivity contribution in [2.24, 2.45) is 5.92 Å². The van der Waals surface area contributed by atoms with Crippen molar-refractivity contribution in [1.29, 1.82) is 0 Å². The smallest absolute Gasteiger partial charge is 0.173 e. The summed E-state index contributed by atoms with van der Waals surface area (Å²) in [7, 11) is 0. The van der Waals surface area contributed by atoms with Gasteiger partial charge in [0.1, 0.15) is 0 Å². The average Bonchev–Trinajstić information content (AvgIpc) is 2.41. The molecule has 3 nitrogen and oxygen atoms in total. The van der Waals surface area contributed by atoms with Crippen LogP contribution in [0, 0.1) is 12.8 Å². The van der Waals surface area contributed by atoms with Crippen molar-refractivity contribution in [3.63, 3.8) is 0 Å². The summed E-state index contributed by atoms with van der Waals surface area (Å²) in [5.41, 5.74) is 2.25. The van der Waals surface area contributed by atoms with Crippen LogP contribution in [0.1, 0.15) is 18.4 Å². The fourth-order valence-electron chi connectivity index (χ4n) is 2.31. The molecule has 1 aromatic carbocycles. The van der Waals surface area contributed by atoms with Gasteiger partial charge in [-0.3, -0.25) is 0 Å². The number of hydrogen-bond acceptors (Lipinski definition) is 2. The first-order valence-electron chi connectivity index (χ1n) is 6.43. The number of nitrogens with zero attached hydrogens (tertiary/aromatic N) is 1. The Morgan fingerprint density at radius 2 is 2.28 bits per heavy atom. The van der Waals surface area contributed by atoms with E-state index < -0.39 is 0 Å². The zero-order chi connectivity index (χ0) is 13.0. The predicted octanol–water partition coefficient (Wildman–Crippen LogP) is 2.40. The molecule has 0 spiro atoms. The van der Waals surface area contributed by atoms with Gasteiger partial charge in [-0.25, -0.2) is 0 Å². The van der Waals surface area contributed by atoms with Crippen LogP contribution in [-0.4, -0.2) is 34.8 Å². The second kappa shape index (κ2) is 6.16. The van der Waals surface area contributed by atoms with Crippen LogP contribution in [0.5, 0.6) is 0 Å². The molecule has 1 aromatic rings. The van der Waals surface area contributed by atoms with E-state index in [2.05, 4.69) is 23.2 Å². The van der Waals surface area contributed by atoms with E-state index in [-0.39, 0.29) is 6.61 Å². The van der Waals surface area contributed by atoms with Crippen LogP contribution in [0.15, 0.2) is 24.3 Å². The maximum absolute atomic E-state index is 9.23. The molecule has 1 aliphatic rings. The molecular formula is C14H20N2OS. The predicted molar refractivity (Wildman–Crippen MR) is 78.8 cm³/mol. The number of thiocarbonyl (C=S) groups is 1. The molecule has 0 aliphatic carbocycles. The number of hydrogen-bond donors (Lipinski definition) is 2. The monoisotopic (exact) mass is 264 g/mol. The number of piperidine rings is 1. The quantitative estimate of drug-likeness (QED) is 0.804. The number of aliphatic hydroxyl groups is 1. The third-order valence-corrected chi connectivity index (χ3v) is 3.81. The van der Waals surface area contributed by atoms with Gasteiger partial charge in [0.25, 0.3) is 0 Å². The largest absolute Gasteiger partial charge is 0.396 e. The first-order valence-corrected chi connectivity index (χ1v) is 6.84. The van der Waals surface area contributed by atoms with Crippen molar-refractivity contribution in [2.45, 2.75) is 19.8 Å². The van der Waals surface area contributed by atoms with Crippen molar-refractivity contribution in [3.8, 4) is 0 Å². The third kappa shape index (κ3) is 3.21. The van der Waals surface area contributed by atoms with Gasteiger partial charge in [-0.2, -0.15) is 0 Å². The molecule has 98 valence electrons. The van der Waals surface area contributed by atoms with Crippen LogP contribution in [-0.2, 0) is 0 Å². The average molecular weight is 264 g/mol. The first kappa shape index (κ1) is 13.3. The Kier molecular flexibility index (Phi) is 4.55. The fourth-order valence-corrected chi connectivity index (χ4v) is 2.58. The minimum Gasteiger partial charge on any atom is -0.396 e. The van der Waals surface area contributed by atoms with Crippen molar-refractivity contribution in [2.75, 3.05) is 25.0 Å². The zero-order valence-corrected chi connectivity index (χ0v) is 11.5. The highest BCUT2D eigenvalue weighted by Gasteiger charge is 2.21. The number of para-hydroxylation sites is 1. The van der Waals surface area contributed by atoms with Gasteiger partial charge in [-0.15, -0.1) is 0 Å². The van der Waals surface area contributed by atoms with Gasteiger partial charge in [-0.1, -0.05) is 18.2 Å². The Bertz CT molecular complexity index is 422. The molecule has 1 unspecified atom stereocenters. The molecule has 4 heteroatoms. The Morgan fingerprint density at radius 1 is 1.50 bits per heavy atom. The topological polar surface area (TPSA) is 35.5 Å². The van der Waals surface area contributed by atoms with Gasteiger partial charge in [-0.05, 0) is 49.5 Å². The SMILES string of the molecule is Cc1ccccc1NC(=S)N1CCCC(CO)C1. The van der Waals surface area contributed by atoms with Crippen molar-refractivity contribution in [1.82, 2.24) is 4.90 Å². The van der Waals surface area contributed by atoms with E-state index in [1.54, 1.807) is 0 Å². The third-order valence-electron chi connectivity index (χ3n) is 3.45. The van der Waals surface area contributed by atoms with E-state index in [1.807, 2.05) is 18.2 Å². The molecule has 1 saturated heterocycles. The molecule has 2 rings (SSSR count). The highest BCUT2D eigenvalue weighted by molar-refractivity contribution is 7.80. The molecule has 18 heavy (non-hydrogen) atoms. The summed E-state index contributed by atoms with van der Waals surface area (Å²) in [5.74, 6) is 0.357. The number of aliphatic hydroxyl groups excluding tert-OH is 1. The normalized spacial score (nSPS) is 19.7. The Balaban J connectivity index is 1.97. The lowest BCUT2D eigenvalue weighted by Gasteiger charge is -2.34. The molecule has 1 aliphatic heterocycles. The van der Waals surface area contributed by atoms with E-state index in [1.165, 1.54) is 5.56 Å². The highest BCUT2D eigenvalue weighted by atomic mass is 32.1. The molecule has 1 heterocycles. The summed E-state index contributed by atoms with van der Waals surface area (Å²) in [4.78, 5) is 2.16. The summed E-state index contributed by atoms with van der Waals surface area (Å²) >= 11 is 5.45. The summed E-state index contributed by atoms with van der Waals surface area (Å²) in [6.07, 6.45) is 2.20. The van der Waals surface area contributed by atoms with Crippen LogP contribution in [0.3, 0.4) is 0 Å². The van der Waals surface area contributed by atoms with Crippen LogP contribution in [0.2, 0.25) is 0 Å². The number of rotatable bonds is 2. The number of anilines is 1. The van der Waals surface area contributed by atoms with Gasteiger partial charge >= 0.3 is 0 Å². The summed E-state index contributed by atoms with van der Waals surface area (Å²) in [6.45, 7) is 4.16. The number of aryl methyl sites for hydroxylation is 1. The Labute approximate surface area is 114 Å². The molecule has 0 radical (unpaired) electrons. The lowest BCUT2D eigenvalue weighted by atomic mass is 9.99. The molecule has 0 aromatic heterocycles. The van der Waals surface area contributed by atoms with Crippen molar-refractivity contribution < 1.29 is 5.11 Å². The standard InChI is InChI=1S/C14H20N2OS/c1-11-5-2-3-7-13(11)15-14(18)16-8-4-6-12(9-16)10-17/h2-3,5,7,12,17H,4,6,8-10H2,1H3,(H,15,18). The molecule has 0 bridgehead atoms. The molecule has 2 N–H and O–H groups in total. The summed E-state index contributed by atoms with van der Waals surface area (Å²) in [5, 5.41) is 13.3. The second-order valence-electron chi connectivity index (χ2n) is 4.88. The Hall–Kier alpha value is -1.13. The van der Waals surface area contributed by atoms with Crippen LogP contribution < -0.4 is 5.32 Å². The lowest BCUT2D eigenvalue weighted by Crippen LogP contribution is -2.43. The molecule has 1 fully saturated rings. The van der Waals surface area contributed by atoms with E-state index in [0.29, 0.717) is 5.92 Å². The minimum atomic E-state index is 0.253. The maximum Gasteiger partial charge on any atom is 0.173 e. The van der Waals surface area contributed by atoms with Gasteiger partial charge in [0.15, 0.2) is 5.11 Å². The molecule has 0 saturated carbocycles. The van der Waals surface area contributed by atoms with E-state index in [0.717, 1.165) is 36.7 Å². The van der Waals surface area contributed by atoms with Crippen molar-refractivity contribution >= 4 is 23.0 Å². The fraction of sp³-hybridized carbons (Fsp3) is 0.500. The maximum atomic E-state index is 9.23. The van der Waals surface area contributed by atoms with Gasteiger partial charge in [0, 0.05) is 25.4 Å². The second-order valence-corrected chi connectivity index (χ2v) is 5.27. The van der Waals surface area contributed by atoms with Gasteiger partial charge in [0.05, 0.1) is 0 Å².